The minimum Gasteiger partial charge on any atom is -0.348 e. The lowest BCUT2D eigenvalue weighted by molar-refractivity contribution is -0.123. The Hall–Kier alpha value is -2.07. The number of carbonyl (C=O) groups excluding carboxylic acids is 1. The standard InChI is InChI=1S/C17H19N3O/c1-12(2)20-14-7-4-3-6-13(14)17(16(20)21)15-8-5-10-19(15)11-9-18-17/h3-8,10,12,18H,9,11H2,1-2H3. The van der Waals surface area contributed by atoms with Crippen molar-refractivity contribution in [3.63, 3.8) is 0 Å². The topological polar surface area (TPSA) is 37.3 Å². The molecule has 2 aliphatic rings. The number of nitrogens with zero attached hydrogens (tertiary/aromatic N) is 2. The number of aromatic nitrogens is 1. The van der Waals surface area contributed by atoms with Crippen LogP contribution in [0.4, 0.5) is 5.69 Å². The summed E-state index contributed by atoms with van der Waals surface area (Å²) in [5, 5.41) is 3.52. The monoisotopic (exact) mass is 281 g/mol. The van der Waals surface area contributed by atoms with Crippen LogP contribution in [0.5, 0.6) is 0 Å². The molecule has 0 saturated heterocycles. The van der Waals surface area contributed by atoms with E-state index in [4.69, 9.17) is 0 Å². The Bertz CT molecular complexity index is 718. The molecule has 3 heterocycles. The molecule has 0 bridgehead atoms. The van der Waals surface area contributed by atoms with Gasteiger partial charge in [-0.3, -0.25) is 10.1 Å². The van der Waals surface area contributed by atoms with Crippen LogP contribution in [0, 0.1) is 0 Å². The largest absolute Gasteiger partial charge is 0.348 e. The highest BCUT2D eigenvalue weighted by Crippen LogP contribution is 2.46. The molecule has 4 rings (SSSR count). The van der Waals surface area contributed by atoms with E-state index in [1.807, 2.05) is 29.2 Å². The van der Waals surface area contributed by atoms with Crippen LogP contribution < -0.4 is 10.2 Å². The van der Waals surface area contributed by atoms with Crippen molar-refractivity contribution in [3.05, 3.63) is 53.9 Å². The van der Waals surface area contributed by atoms with Gasteiger partial charge in [-0.25, -0.2) is 0 Å². The van der Waals surface area contributed by atoms with Gasteiger partial charge in [0.2, 0.25) is 0 Å². The number of benzene rings is 1. The summed E-state index contributed by atoms with van der Waals surface area (Å²) in [6.07, 6.45) is 2.06. The van der Waals surface area contributed by atoms with Crippen LogP contribution in [0.25, 0.3) is 0 Å². The summed E-state index contributed by atoms with van der Waals surface area (Å²) in [6.45, 7) is 5.83. The van der Waals surface area contributed by atoms with Gasteiger partial charge in [0.05, 0.1) is 5.69 Å². The van der Waals surface area contributed by atoms with E-state index in [9.17, 15) is 4.79 Å². The Morgan fingerprint density at radius 3 is 2.81 bits per heavy atom. The molecule has 21 heavy (non-hydrogen) atoms. The van der Waals surface area contributed by atoms with Crippen LogP contribution in [0.2, 0.25) is 0 Å². The maximum atomic E-state index is 13.3. The first-order valence-electron chi connectivity index (χ1n) is 7.50. The number of anilines is 1. The summed E-state index contributed by atoms with van der Waals surface area (Å²) < 4.78 is 2.19. The molecule has 108 valence electrons. The third-order valence-electron chi connectivity index (χ3n) is 4.58. The molecule has 1 aromatic carbocycles. The fourth-order valence-corrected chi connectivity index (χ4v) is 3.74. The summed E-state index contributed by atoms with van der Waals surface area (Å²) in [5.41, 5.74) is 2.43. The Kier molecular flexibility index (Phi) is 2.54. The van der Waals surface area contributed by atoms with E-state index in [0.29, 0.717) is 0 Å². The van der Waals surface area contributed by atoms with Crippen molar-refractivity contribution in [3.8, 4) is 0 Å². The van der Waals surface area contributed by atoms with E-state index in [1.54, 1.807) is 0 Å². The molecule has 1 amide bonds. The lowest BCUT2D eigenvalue weighted by Gasteiger charge is -2.36. The van der Waals surface area contributed by atoms with Gasteiger partial charge in [-0.2, -0.15) is 0 Å². The first-order valence-corrected chi connectivity index (χ1v) is 7.50. The SMILES string of the molecule is CC(C)N1C(=O)C2(NCCn3cccc32)c2ccccc21. The fourth-order valence-electron chi connectivity index (χ4n) is 3.74. The molecule has 4 heteroatoms. The molecular weight excluding hydrogens is 262 g/mol. The number of rotatable bonds is 1. The van der Waals surface area contributed by atoms with Gasteiger partial charge in [0.15, 0.2) is 5.54 Å². The summed E-state index contributed by atoms with van der Waals surface area (Å²) in [5.74, 6) is 0.137. The Morgan fingerprint density at radius 1 is 1.19 bits per heavy atom. The zero-order valence-corrected chi connectivity index (χ0v) is 12.3. The number of hydrogen-bond acceptors (Lipinski definition) is 2. The molecule has 1 aromatic heterocycles. The molecule has 1 unspecified atom stereocenters. The zero-order chi connectivity index (χ0) is 14.6. The first-order chi connectivity index (χ1) is 10.2. The molecular formula is C17H19N3O. The molecule has 2 aromatic rings. The Balaban J connectivity index is 2.02. The summed E-state index contributed by atoms with van der Waals surface area (Å²) in [4.78, 5) is 15.2. The average Bonchev–Trinajstić information content (AvgIpc) is 3.03. The van der Waals surface area contributed by atoms with E-state index in [2.05, 4.69) is 42.1 Å². The van der Waals surface area contributed by atoms with Crippen molar-refractivity contribution in [2.75, 3.05) is 11.4 Å². The van der Waals surface area contributed by atoms with Gasteiger partial charge in [0.25, 0.3) is 5.91 Å². The number of amides is 1. The molecule has 0 saturated carbocycles. The van der Waals surface area contributed by atoms with Gasteiger partial charge >= 0.3 is 0 Å². The van der Waals surface area contributed by atoms with E-state index in [-0.39, 0.29) is 11.9 Å². The van der Waals surface area contributed by atoms with Crippen molar-refractivity contribution in [1.82, 2.24) is 9.88 Å². The minimum absolute atomic E-state index is 0.137. The van der Waals surface area contributed by atoms with Crippen LogP contribution in [0.15, 0.2) is 42.6 Å². The quantitative estimate of drug-likeness (QED) is 0.869. The number of carbonyl (C=O) groups is 1. The number of fused-ring (bicyclic) bond motifs is 4. The number of para-hydroxylation sites is 1. The predicted octanol–water partition coefficient (Wildman–Crippen LogP) is 2.09. The van der Waals surface area contributed by atoms with Crippen LogP contribution in [-0.2, 0) is 16.9 Å². The Labute approximate surface area is 124 Å². The molecule has 0 radical (unpaired) electrons. The van der Waals surface area contributed by atoms with Gasteiger partial charge < -0.3 is 9.47 Å². The molecule has 2 aliphatic heterocycles. The molecule has 0 aliphatic carbocycles. The van der Waals surface area contributed by atoms with Crippen LogP contribution in [-0.4, -0.2) is 23.1 Å². The molecule has 1 spiro atoms. The third kappa shape index (κ3) is 1.45. The van der Waals surface area contributed by atoms with Crippen LogP contribution in [0.1, 0.15) is 25.1 Å². The van der Waals surface area contributed by atoms with E-state index in [0.717, 1.165) is 30.0 Å². The smallest absolute Gasteiger partial charge is 0.258 e. The van der Waals surface area contributed by atoms with E-state index < -0.39 is 5.54 Å². The number of nitrogens with one attached hydrogen (secondary N) is 1. The van der Waals surface area contributed by atoms with Gasteiger partial charge in [0, 0.05) is 36.6 Å². The van der Waals surface area contributed by atoms with E-state index in [1.165, 1.54) is 0 Å². The molecule has 1 atom stereocenters. The molecule has 4 nitrogen and oxygen atoms in total. The summed E-state index contributed by atoms with van der Waals surface area (Å²) in [6, 6.07) is 12.4. The molecule has 0 fully saturated rings. The summed E-state index contributed by atoms with van der Waals surface area (Å²) >= 11 is 0. The second-order valence-corrected chi connectivity index (χ2v) is 6.05. The zero-order valence-electron chi connectivity index (χ0n) is 12.3. The second-order valence-electron chi connectivity index (χ2n) is 6.05. The van der Waals surface area contributed by atoms with Crippen molar-refractivity contribution < 1.29 is 4.79 Å². The maximum Gasteiger partial charge on any atom is 0.258 e. The van der Waals surface area contributed by atoms with Crippen LogP contribution in [0.3, 0.4) is 0 Å². The highest BCUT2D eigenvalue weighted by atomic mass is 16.2. The normalized spacial score (nSPS) is 23.8. The van der Waals surface area contributed by atoms with Gasteiger partial charge in [-0.15, -0.1) is 0 Å². The third-order valence-corrected chi connectivity index (χ3v) is 4.58. The van der Waals surface area contributed by atoms with Gasteiger partial charge in [0.1, 0.15) is 0 Å². The maximum absolute atomic E-state index is 13.3. The lowest BCUT2D eigenvalue weighted by atomic mass is 9.86. The van der Waals surface area contributed by atoms with Crippen molar-refractivity contribution in [2.45, 2.75) is 32.0 Å². The van der Waals surface area contributed by atoms with Gasteiger partial charge in [-0.05, 0) is 32.0 Å². The average molecular weight is 281 g/mol. The highest BCUT2D eigenvalue weighted by Gasteiger charge is 2.54. The second kappa shape index (κ2) is 4.21. The Morgan fingerprint density at radius 2 is 2.00 bits per heavy atom. The fraction of sp³-hybridized carbons (Fsp3) is 0.353. The molecule has 1 N–H and O–H groups in total. The van der Waals surface area contributed by atoms with Crippen molar-refractivity contribution in [1.29, 1.82) is 0 Å². The van der Waals surface area contributed by atoms with Gasteiger partial charge in [-0.1, -0.05) is 18.2 Å². The minimum atomic E-state index is -0.720. The van der Waals surface area contributed by atoms with E-state index >= 15 is 0 Å². The first kappa shape index (κ1) is 12.7. The highest BCUT2D eigenvalue weighted by molar-refractivity contribution is 6.10. The van der Waals surface area contributed by atoms with Crippen molar-refractivity contribution in [2.24, 2.45) is 0 Å². The number of hydrogen-bond donors (Lipinski definition) is 1. The predicted molar refractivity (Wildman–Crippen MR) is 82.3 cm³/mol. The van der Waals surface area contributed by atoms with Crippen molar-refractivity contribution >= 4 is 11.6 Å². The summed E-state index contributed by atoms with van der Waals surface area (Å²) in [7, 11) is 0. The lowest BCUT2D eigenvalue weighted by Crippen LogP contribution is -2.56. The van der Waals surface area contributed by atoms with Crippen LogP contribution >= 0.6 is 0 Å².